The maximum Gasteiger partial charge on any atom is 0.0346 e. The summed E-state index contributed by atoms with van der Waals surface area (Å²) in [6.45, 7) is 2.28. The molecule has 0 saturated heterocycles. The summed E-state index contributed by atoms with van der Waals surface area (Å²) in [4.78, 5) is 4.17. The first-order valence-electron chi connectivity index (χ1n) is 9.23. The first kappa shape index (κ1) is 17.0. The van der Waals surface area contributed by atoms with Crippen LogP contribution in [-0.4, -0.2) is 4.98 Å². The van der Waals surface area contributed by atoms with Crippen molar-refractivity contribution in [3.63, 3.8) is 0 Å². The van der Waals surface area contributed by atoms with E-state index in [4.69, 9.17) is 0 Å². The van der Waals surface area contributed by atoms with E-state index in [0.29, 0.717) is 0 Å². The van der Waals surface area contributed by atoms with E-state index in [2.05, 4.69) is 36.2 Å². The second-order valence-electron chi connectivity index (χ2n) is 6.49. The first-order valence-corrected chi connectivity index (χ1v) is 9.23. The minimum absolute atomic E-state index is 1.22. The smallest absolute Gasteiger partial charge is 0.0346 e. The van der Waals surface area contributed by atoms with Crippen LogP contribution < -0.4 is 0 Å². The van der Waals surface area contributed by atoms with Crippen molar-refractivity contribution in [3.8, 4) is 0 Å². The molecule has 0 spiro atoms. The van der Waals surface area contributed by atoms with Crippen molar-refractivity contribution in [3.05, 3.63) is 42.2 Å². The molecule has 0 atom stereocenters. The van der Waals surface area contributed by atoms with Crippen molar-refractivity contribution >= 4 is 10.8 Å². The minimum atomic E-state index is 1.22. The van der Waals surface area contributed by atoms with E-state index >= 15 is 0 Å². The van der Waals surface area contributed by atoms with E-state index < -0.39 is 0 Å². The number of aryl methyl sites for hydroxylation is 1. The quantitative estimate of drug-likeness (QED) is 0.421. The fourth-order valence-electron chi connectivity index (χ4n) is 3.10. The van der Waals surface area contributed by atoms with Crippen LogP contribution in [0.3, 0.4) is 0 Å². The highest BCUT2D eigenvalue weighted by Gasteiger charge is 1.97. The van der Waals surface area contributed by atoms with Gasteiger partial charge in [-0.25, -0.2) is 0 Å². The Morgan fingerprint density at radius 2 is 1.41 bits per heavy atom. The fourth-order valence-corrected chi connectivity index (χ4v) is 3.10. The monoisotopic (exact) mass is 297 g/mol. The van der Waals surface area contributed by atoms with E-state index in [1.165, 1.54) is 87.0 Å². The molecule has 0 fully saturated rings. The first-order chi connectivity index (χ1) is 10.9. The van der Waals surface area contributed by atoms with Crippen LogP contribution in [-0.2, 0) is 6.42 Å². The third-order valence-corrected chi connectivity index (χ3v) is 4.52. The zero-order chi connectivity index (χ0) is 15.5. The zero-order valence-corrected chi connectivity index (χ0v) is 14.2. The lowest BCUT2D eigenvalue weighted by Crippen LogP contribution is -1.87. The summed E-state index contributed by atoms with van der Waals surface area (Å²) in [5.74, 6) is 0. The van der Waals surface area contributed by atoms with Crippen molar-refractivity contribution in [1.82, 2.24) is 4.98 Å². The molecule has 2 aromatic rings. The Kier molecular flexibility index (Phi) is 8.01. The van der Waals surface area contributed by atoms with Crippen LogP contribution in [0.2, 0.25) is 0 Å². The maximum absolute atomic E-state index is 4.17. The molecule has 0 aliphatic rings. The normalized spacial score (nSPS) is 11.1. The van der Waals surface area contributed by atoms with Crippen molar-refractivity contribution in [1.29, 1.82) is 0 Å². The molecule has 0 radical (unpaired) electrons. The number of hydrogen-bond donors (Lipinski definition) is 0. The van der Waals surface area contributed by atoms with Crippen LogP contribution in [0.25, 0.3) is 10.8 Å². The minimum Gasteiger partial charge on any atom is -0.264 e. The van der Waals surface area contributed by atoms with Gasteiger partial charge in [-0.05, 0) is 29.9 Å². The van der Waals surface area contributed by atoms with Gasteiger partial charge in [-0.1, -0.05) is 82.9 Å². The Balaban J connectivity index is 1.54. The highest BCUT2D eigenvalue weighted by molar-refractivity contribution is 5.81. The summed E-state index contributed by atoms with van der Waals surface area (Å²) >= 11 is 0. The van der Waals surface area contributed by atoms with Crippen molar-refractivity contribution in [2.45, 2.75) is 77.6 Å². The summed E-state index contributed by atoms with van der Waals surface area (Å²) in [5, 5.41) is 2.56. The second kappa shape index (κ2) is 10.4. The van der Waals surface area contributed by atoms with Gasteiger partial charge >= 0.3 is 0 Å². The molecule has 1 heterocycles. The van der Waals surface area contributed by atoms with Crippen LogP contribution in [0, 0.1) is 0 Å². The Labute approximate surface area is 136 Å². The van der Waals surface area contributed by atoms with E-state index in [-0.39, 0.29) is 0 Å². The standard InChI is InChI=1S/C21H31N/c1-2-3-4-5-6-7-8-9-10-11-12-19-13-14-21-18-22-16-15-20(21)17-19/h13-18H,2-12H2,1H3. The van der Waals surface area contributed by atoms with Crippen LogP contribution in [0.5, 0.6) is 0 Å². The number of pyridine rings is 1. The largest absolute Gasteiger partial charge is 0.264 e. The molecule has 0 aliphatic carbocycles. The van der Waals surface area contributed by atoms with Crippen molar-refractivity contribution in [2.24, 2.45) is 0 Å². The molecule has 22 heavy (non-hydrogen) atoms. The molecule has 1 aromatic heterocycles. The number of nitrogens with zero attached hydrogens (tertiary/aromatic N) is 1. The summed E-state index contributed by atoms with van der Waals surface area (Å²) in [6, 6.07) is 8.90. The number of unbranched alkanes of at least 4 members (excludes halogenated alkanes) is 9. The Hall–Kier alpha value is -1.37. The lowest BCUT2D eigenvalue weighted by atomic mass is 10.0. The summed E-state index contributed by atoms with van der Waals surface area (Å²) in [6.07, 6.45) is 19.1. The van der Waals surface area contributed by atoms with Gasteiger partial charge in [0.2, 0.25) is 0 Å². The fraction of sp³-hybridized carbons (Fsp3) is 0.571. The molecular formula is C21H31N. The SMILES string of the molecule is CCCCCCCCCCCCc1ccc2cnccc2c1. The van der Waals surface area contributed by atoms with Gasteiger partial charge in [0.1, 0.15) is 0 Å². The molecule has 0 aliphatic heterocycles. The molecule has 0 bridgehead atoms. The van der Waals surface area contributed by atoms with Crippen LogP contribution >= 0.6 is 0 Å². The van der Waals surface area contributed by atoms with Gasteiger partial charge < -0.3 is 0 Å². The third kappa shape index (κ3) is 6.17. The average Bonchev–Trinajstić information content (AvgIpc) is 2.56. The van der Waals surface area contributed by atoms with Gasteiger partial charge in [0.05, 0.1) is 0 Å². The van der Waals surface area contributed by atoms with E-state index in [1.54, 1.807) is 0 Å². The summed E-state index contributed by atoms with van der Waals surface area (Å²) in [5.41, 5.74) is 1.47. The van der Waals surface area contributed by atoms with Gasteiger partial charge in [-0.15, -0.1) is 0 Å². The summed E-state index contributed by atoms with van der Waals surface area (Å²) < 4.78 is 0. The predicted molar refractivity (Wildman–Crippen MR) is 97.3 cm³/mol. The Morgan fingerprint density at radius 3 is 2.14 bits per heavy atom. The van der Waals surface area contributed by atoms with Crippen LogP contribution in [0.4, 0.5) is 0 Å². The van der Waals surface area contributed by atoms with Crippen LogP contribution in [0.15, 0.2) is 36.7 Å². The van der Waals surface area contributed by atoms with E-state index in [0.717, 1.165) is 0 Å². The molecule has 120 valence electrons. The zero-order valence-electron chi connectivity index (χ0n) is 14.2. The highest BCUT2D eigenvalue weighted by Crippen LogP contribution is 2.17. The topological polar surface area (TPSA) is 12.9 Å². The van der Waals surface area contributed by atoms with E-state index in [1.807, 2.05) is 12.4 Å². The molecule has 1 heteroatoms. The van der Waals surface area contributed by atoms with Gasteiger partial charge in [0.25, 0.3) is 0 Å². The molecular weight excluding hydrogens is 266 g/mol. The molecule has 0 N–H and O–H groups in total. The van der Waals surface area contributed by atoms with Crippen LogP contribution in [0.1, 0.15) is 76.7 Å². The van der Waals surface area contributed by atoms with E-state index in [9.17, 15) is 0 Å². The molecule has 0 amide bonds. The number of rotatable bonds is 11. The molecule has 1 aromatic carbocycles. The predicted octanol–water partition coefficient (Wildman–Crippen LogP) is 6.70. The van der Waals surface area contributed by atoms with Crippen molar-refractivity contribution in [2.75, 3.05) is 0 Å². The molecule has 1 nitrogen and oxygen atoms in total. The van der Waals surface area contributed by atoms with Gasteiger partial charge in [0, 0.05) is 17.8 Å². The van der Waals surface area contributed by atoms with Gasteiger partial charge in [-0.3, -0.25) is 4.98 Å². The van der Waals surface area contributed by atoms with Gasteiger partial charge in [-0.2, -0.15) is 0 Å². The molecule has 0 saturated carbocycles. The number of hydrogen-bond acceptors (Lipinski definition) is 1. The number of aromatic nitrogens is 1. The van der Waals surface area contributed by atoms with Crippen molar-refractivity contribution < 1.29 is 0 Å². The molecule has 0 unspecified atom stereocenters. The lowest BCUT2D eigenvalue weighted by molar-refractivity contribution is 0.556. The second-order valence-corrected chi connectivity index (χ2v) is 6.49. The average molecular weight is 297 g/mol. The number of benzene rings is 1. The Morgan fingerprint density at radius 1 is 0.727 bits per heavy atom. The van der Waals surface area contributed by atoms with Gasteiger partial charge in [0.15, 0.2) is 0 Å². The third-order valence-electron chi connectivity index (χ3n) is 4.52. The number of fused-ring (bicyclic) bond motifs is 1. The molecule has 2 rings (SSSR count). The Bertz CT molecular complexity index is 532. The summed E-state index contributed by atoms with van der Waals surface area (Å²) in [7, 11) is 0. The lowest BCUT2D eigenvalue weighted by Gasteiger charge is -2.04. The highest BCUT2D eigenvalue weighted by atomic mass is 14.6. The maximum atomic E-state index is 4.17.